The summed E-state index contributed by atoms with van der Waals surface area (Å²) in [5.74, 6) is 0.594. The van der Waals surface area contributed by atoms with Gasteiger partial charge in [0.25, 0.3) is 0 Å². The van der Waals surface area contributed by atoms with Gasteiger partial charge in [0, 0.05) is 25.6 Å². The fourth-order valence-corrected chi connectivity index (χ4v) is 6.98. The summed E-state index contributed by atoms with van der Waals surface area (Å²) in [6.45, 7) is 3.58. The van der Waals surface area contributed by atoms with E-state index in [9.17, 15) is 9.59 Å². The van der Waals surface area contributed by atoms with Crippen LogP contribution < -0.4 is 0 Å². The first-order chi connectivity index (χ1) is 15.1. The van der Waals surface area contributed by atoms with Crippen molar-refractivity contribution in [3.63, 3.8) is 0 Å². The van der Waals surface area contributed by atoms with Gasteiger partial charge in [0.2, 0.25) is 11.8 Å². The number of carbonyl (C=O) groups excluding carboxylic acids is 2. The Labute approximate surface area is 188 Å². The van der Waals surface area contributed by atoms with E-state index in [1.807, 2.05) is 28.6 Å². The third kappa shape index (κ3) is 3.59. The van der Waals surface area contributed by atoms with Crippen LogP contribution in [0.5, 0.6) is 0 Å². The number of hydrogen-bond donors (Lipinski definition) is 0. The molecule has 2 aromatic rings. The Bertz CT molecular complexity index is 943. The largest absolute Gasteiger partial charge is 0.343 e. The van der Waals surface area contributed by atoms with Crippen LogP contribution in [0, 0.1) is 12.3 Å². The van der Waals surface area contributed by atoms with Crippen LogP contribution in [0.1, 0.15) is 67.1 Å². The highest BCUT2D eigenvalue weighted by molar-refractivity contribution is 7.09. The van der Waals surface area contributed by atoms with Crippen molar-refractivity contribution in [3.8, 4) is 0 Å². The number of hydrogen-bond acceptors (Lipinski definition) is 4. The Kier molecular flexibility index (Phi) is 5.59. The summed E-state index contributed by atoms with van der Waals surface area (Å²) < 4.78 is 0. The third-order valence-electron chi connectivity index (χ3n) is 7.67. The first-order valence-electron chi connectivity index (χ1n) is 11.6. The maximum absolute atomic E-state index is 13.4. The van der Waals surface area contributed by atoms with Crippen LogP contribution in [0.2, 0.25) is 0 Å². The second-order valence-electron chi connectivity index (χ2n) is 9.38. The Hall–Kier alpha value is -2.21. The first kappa shape index (κ1) is 20.7. The first-order valence-corrected chi connectivity index (χ1v) is 12.5. The van der Waals surface area contributed by atoms with Crippen molar-refractivity contribution in [1.29, 1.82) is 0 Å². The number of likely N-dealkylation sites (tertiary alicyclic amines) is 2. The van der Waals surface area contributed by atoms with Crippen LogP contribution in [0.4, 0.5) is 0 Å². The molecule has 1 unspecified atom stereocenters. The minimum Gasteiger partial charge on any atom is -0.343 e. The van der Waals surface area contributed by atoms with Gasteiger partial charge < -0.3 is 9.80 Å². The van der Waals surface area contributed by atoms with E-state index in [1.165, 1.54) is 10.4 Å². The summed E-state index contributed by atoms with van der Waals surface area (Å²) in [7, 11) is 0. The van der Waals surface area contributed by atoms with Crippen molar-refractivity contribution >= 4 is 23.2 Å². The van der Waals surface area contributed by atoms with E-state index in [4.69, 9.17) is 0 Å². The zero-order valence-electron chi connectivity index (χ0n) is 18.3. The third-order valence-corrected chi connectivity index (χ3v) is 8.65. The van der Waals surface area contributed by atoms with Gasteiger partial charge in [0.1, 0.15) is 0 Å². The minimum absolute atomic E-state index is 0.181. The molecule has 2 saturated heterocycles. The molecule has 0 radical (unpaired) electrons. The number of aromatic nitrogens is 1. The van der Waals surface area contributed by atoms with Gasteiger partial charge in [-0.1, -0.05) is 43.2 Å². The number of amides is 2. The van der Waals surface area contributed by atoms with E-state index in [0.717, 1.165) is 63.7 Å². The summed E-state index contributed by atoms with van der Waals surface area (Å²) in [5.41, 5.74) is 4.02. The van der Waals surface area contributed by atoms with Crippen molar-refractivity contribution in [2.24, 2.45) is 5.41 Å². The lowest BCUT2D eigenvalue weighted by atomic mass is 9.67. The number of β-lactam (4-membered cyclic amide) rings is 1. The molecule has 0 N–H and O–H groups in total. The number of piperidine rings is 1. The van der Waals surface area contributed by atoms with Gasteiger partial charge in [-0.05, 0) is 44.6 Å². The smallest absolute Gasteiger partial charge is 0.232 e. The molecule has 1 aromatic heterocycles. The molecule has 1 aliphatic carbocycles. The van der Waals surface area contributed by atoms with Crippen LogP contribution in [-0.4, -0.2) is 45.7 Å². The molecule has 5 nitrogen and oxygen atoms in total. The topological polar surface area (TPSA) is 53.5 Å². The highest BCUT2D eigenvalue weighted by atomic mass is 32.1. The van der Waals surface area contributed by atoms with Gasteiger partial charge in [-0.3, -0.25) is 9.59 Å². The number of aryl methyl sites for hydroxylation is 2. The maximum atomic E-state index is 13.4. The quantitative estimate of drug-likeness (QED) is 0.647. The van der Waals surface area contributed by atoms with Gasteiger partial charge in [-0.25, -0.2) is 4.98 Å². The fourth-order valence-electron chi connectivity index (χ4n) is 5.96. The molecule has 1 atom stereocenters. The second kappa shape index (κ2) is 8.38. The van der Waals surface area contributed by atoms with Crippen molar-refractivity contribution < 1.29 is 9.59 Å². The van der Waals surface area contributed by atoms with E-state index in [-0.39, 0.29) is 23.4 Å². The SMILES string of the molecule is Cc1ncsc1C1N(C2CCN(C(=O)CCc3ccccc3)CC2)C(=O)C12CCCC2. The molecule has 3 heterocycles. The van der Waals surface area contributed by atoms with E-state index in [1.54, 1.807) is 11.3 Å². The normalized spacial score (nSPS) is 23.4. The molecule has 3 aliphatic rings. The average molecular weight is 438 g/mol. The molecule has 3 fully saturated rings. The number of thiazole rings is 1. The fraction of sp³-hybridized carbons (Fsp3) is 0.560. The van der Waals surface area contributed by atoms with E-state index in [0.29, 0.717) is 12.3 Å². The molecule has 0 bridgehead atoms. The molecular formula is C25H31N3O2S. The van der Waals surface area contributed by atoms with Crippen LogP contribution in [0.15, 0.2) is 35.8 Å². The van der Waals surface area contributed by atoms with Crippen molar-refractivity contribution in [3.05, 3.63) is 52.0 Å². The van der Waals surface area contributed by atoms with Crippen LogP contribution in [-0.2, 0) is 16.0 Å². The molecule has 164 valence electrons. The molecule has 31 heavy (non-hydrogen) atoms. The van der Waals surface area contributed by atoms with E-state index < -0.39 is 0 Å². The summed E-state index contributed by atoms with van der Waals surface area (Å²) in [6, 6.07) is 10.6. The zero-order chi connectivity index (χ0) is 21.4. The molecule has 6 heteroatoms. The zero-order valence-corrected chi connectivity index (χ0v) is 19.1. The number of rotatable bonds is 5. The predicted octanol–water partition coefficient (Wildman–Crippen LogP) is 4.52. The summed E-state index contributed by atoms with van der Waals surface area (Å²) in [5, 5.41) is 0. The molecule has 1 spiro atoms. The predicted molar refractivity (Wildman–Crippen MR) is 122 cm³/mol. The number of nitrogens with zero attached hydrogens (tertiary/aromatic N) is 3. The Morgan fingerprint density at radius 2 is 1.87 bits per heavy atom. The summed E-state index contributed by atoms with van der Waals surface area (Å²) in [4.78, 5) is 36.1. The van der Waals surface area contributed by atoms with E-state index in [2.05, 4.69) is 28.9 Å². The molecule has 2 amide bonds. The van der Waals surface area contributed by atoms with Gasteiger partial charge in [-0.15, -0.1) is 11.3 Å². The second-order valence-corrected chi connectivity index (χ2v) is 10.3. The van der Waals surface area contributed by atoms with Gasteiger partial charge in [0.05, 0.1) is 27.5 Å². The highest BCUT2D eigenvalue weighted by Crippen LogP contribution is 2.61. The van der Waals surface area contributed by atoms with Gasteiger partial charge in [-0.2, -0.15) is 0 Å². The van der Waals surface area contributed by atoms with Crippen molar-refractivity contribution in [1.82, 2.24) is 14.8 Å². The minimum atomic E-state index is -0.181. The molecule has 1 aromatic carbocycles. The average Bonchev–Trinajstić information content (AvgIpc) is 3.47. The van der Waals surface area contributed by atoms with Crippen LogP contribution >= 0.6 is 11.3 Å². The summed E-state index contributed by atoms with van der Waals surface area (Å²) in [6.07, 6.45) is 7.45. The molecule has 1 saturated carbocycles. The Morgan fingerprint density at radius 3 is 2.52 bits per heavy atom. The van der Waals surface area contributed by atoms with Crippen molar-refractivity contribution in [2.75, 3.05) is 13.1 Å². The number of carbonyl (C=O) groups is 2. The van der Waals surface area contributed by atoms with Gasteiger partial charge in [0.15, 0.2) is 0 Å². The molecular weight excluding hydrogens is 406 g/mol. The molecule has 2 aliphatic heterocycles. The highest BCUT2D eigenvalue weighted by Gasteiger charge is 2.64. The lowest BCUT2D eigenvalue weighted by Gasteiger charge is -2.58. The lowest BCUT2D eigenvalue weighted by Crippen LogP contribution is -2.66. The van der Waals surface area contributed by atoms with Crippen LogP contribution in [0.3, 0.4) is 0 Å². The Morgan fingerprint density at radius 1 is 1.16 bits per heavy atom. The monoisotopic (exact) mass is 437 g/mol. The van der Waals surface area contributed by atoms with Crippen LogP contribution in [0.25, 0.3) is 0 Å². The van der Waals surface area contributed by atoms with Crippen molar-refractivity contribution in [2.45, 2.75) is 70.4 Å². The standard InChI is InChI=1S/C25H31N3O2S/c1-18-22(31-17-26-18)23-25(13-5-6-14-25)24(30)28(23)20-11-15-27(16-12-20)21(29)10-9-19-7-3-2-4-8-19/h2-4,7-8,17,20,23H,5-6,9-16H2,1H3. The Balaban J connectivity index is 1.23. The molecule has 5 rings (SSSR count). The lowest BCUT2D eigenvalue weighted by molar-refractivity contribution is -0.180. The van der Waals surface area contributed by atoms with Gasteiger partial charge >= 0.3 is 0 Å². The van der Waals surface area contributed by atoms with E-state index >= 15 is 0 Å². The number of benzene rings is 1. The maximum Gasteiger partial charge on any atom is 0.232 e. The summed E-state index contributed by atoms with van der Waals surface area (Å²) >= 11 is 1.70.